The molecule has 192 valence electrons. The highest BCUT2D eigenvalue weighted by atomic mass is 32.2. The molecule has 1 N–H and O–H groups in total. The maximum absolute atomic E-state index is 13.0. The van der Waals surface area contributed by atoms with Crippen molar-refractivity contribution in [3.63, 3.8) is 0 Å². The lowest BCUT2D eigenvalue weighted by atomic mass is 10.0. The van der Waals surface area contributed by atoms with Crippen molar-refractivity contribution in [3.8, 4) is 33.8 Å². The second-order valence-corrected chi connectivity index (χ2v) is 11.5. The number of alkyl halides is 3. The maximum atomic E-state index is 13.0. The van der Waals surface area contributed by atoms with Gasteiger partial charge in [0, 0.05) is 28.4 Å². The van der Waals surface area contributed by atoms with Crippen molar-refractivity contribution in [1.29, 1.82) is 0 Å². The van der Waals surface area contributed by atoms with Crippen LogP contribution in [0.3, 0.4) is 0 Å². The SMILES string of the molecule is Cc1cc(-c2ccc(C(F)(F)F)cc2)nc(-c2ccnc(-c3cccc(S(=O)(=O)NC(C)(C)C)c3)c2)c1. The molecule has 0 atom stereocenters. The highest BCUT2D eigenvalue weighted by Gasteiger charge is 2.30. The van der Waals surface area contributed by atoms with Gasteiger partial charge in [0.15, 0.2) is 0 Å². The van der Waals surface area contributed by atoms with E-state index in [1.165, 1.54) is 18.2 Å². The first-order chi connectivity index (χ1) is 17.2. The third kappa shape index (κ3) is 6.42. The van der Waals surface area contributed by atoms with Crippen LogP contribution in [0.2, 0.25) is 0 Å². The van der Waals surface area contributed by atoms with Gasteiger partial charge in [-0.2, -0.15) is 13.2 Å². The van der Waals surface area contributed by atoms with E-state index in [2.05, 4.69) is 14.7 Å². The summed E-state index contributed by atoms with van der Waals surface area (Å²) >= 11 is 0. The Morgan fingerprint density at radius 2 is 1.38 bits per heavy atom. The Labute approximate surface area is 214 Å². The second-order valence-electron chi connectivity index (χ2n) is 9.80. The minimum absolute atomic E-state index is 0.130. The molecule has 37 heavy (non-hydrogen) atoms. The summed E-state index contributed by atoms with van der Waals surface area (Å²) in [6.07, 6.45) is -2.79. The van der Waals surface area contributed by atoms with E-state index < -0.39 is 27.3 Å². The Morgan fingerprint density at radius 3 is 2.00 bits per heavy atom. The van der Waals surface area contributed by atoms with Gasteiger partial charge in [-0.3, -0.25) is 4.98 Å². The quantitative estimate of drug-likeness (QED) is 0.308. The molecular formula is C28H26F3N3O2S. The van der Waals surface area contributed by atoms with Gasteiger partial charge in [-0.1, -0.05) is 24.3 Å². The van der Waals surface area contributed by atoms with Gasteiger partial charge in [-0.05, 0) is 81.8 Å². The fraction of sp³-hybridized carbons (Fsp3) is 0.214. The van der Waals surface area contributed by atoms with Crippen LogP contribution in [-0.4, -0.2) is 23.9 Å². The van der Waals surface area contributed by atoms with Gasteiger partial charge in [-0.15, -0.1) is 0 Å². The molecule has 4 aromatic rings. The number of aromatic nitrogens is 2. The molecule has 9 heteroatoms. The van der Waals surface area contributed by atoms with Crippen molar-refractivity contribution < 1.29 is 21.6 Å². The van der Waals surface area contributed by atoms with E-state index in [1.807, 2.05) is 19.1 Å². The van der Waals surface area contributed by atoms with Crippen LogP contribution in [0, 0.1) is 6.92 Å². The number of benzene rings is 2. The summed E-state index contributed by atoms with van der Waals surface area (Å²) in [5, 5.41) is 0. The molecule has 2 aromatic heterocycles. The second kappa shape index (κ2) is 9.72. The molecule has 2 heterocycles. The summed E-state index contributed by atoms with van der Waals surface area (Å²) in [6, 6.07) is 18.7. The third-order valence-electron chi connectivity index (χ3n) is 5.41. The maximum Gasteiger partial charge on any atom is 0.416 e. The van der Waals surface area contributed by atoms with Crippen LogP contribution in [0.15, 0.2) is 83.9 Å². The number of hydrogen-bond donors (Lipinski definition) is 1. The standard InChI is InChI=1S/C28H26F3N3O2S/c1-18-14-25(19-8-10-22(11-9-19)28(29,30)31)33-26(15-18)21-12-13-32-24(17-21)20-6-5-7-23(16-20)37(35,36)34-27(2,3)4/h5-17,34H,1-4H3. The zero-order valence-electron chi connectivity index (χ0n) is 20.8. The van der Waals surface area contributed by atoms with Crippen LogP contribution in [-0.2, 0) is 16.2 Å². The Balaban J connectivity index is 1.70. The van der Waals surface area contributed by atoms with Crippen molar-refractivity contribution in [2.75, 3.05) is 0 Å². The molecule has 5 nitrogen and oxygen atoms in total. The fourth-order valence-corrected chi connectivity index (χ4v) is 5.29. The number of sulfonamides is 1. The van der Waals surface area contributed by atoms with Crippen LogP contribution in [0.1, 0.15) is 31.9 Å². The number of aryl methyl sites for hydroxylation is 1. The first-order valence-electron chi connectivity index (χ1n) is 11.5. The van der Waals surface area contributed by atoms with Crippen LogP contribution < -0.4 is 4.72 Å². The molecule has 0 aliphatic rings. The van der Waals surface area contributed by atoms with E-state index in [9.17, 15) is 21.6 Å². The van der Waals surface area contributed by atoms with Gasteiger partial charge in [0.25, 0.3) is 0 Å². The molecule has 0 aliphatic carbocycles. The minimum atomic E-state index is -4.41. The number of pyridine rings is 2. The summed E-state index contributed by atoms with van der Waals surface area (Å²) in [7, 11) is -3.73. The van der Waals surface area contributed by atoms with Crippen LogP contribution >= 0.6 is 0 Å². The van der Waals surface area contributed by atoms with Gasteiger partial charge >= 0.3 is 6.18 Å². The summed E-state index contributed by atoms with van der Waals surface area (Å²) in [5.74, 6) is 0. The molecule has 0 spiro atoms. The monoisotopic (exact) mass is 525 g/mol. The molecule has 0 amide bonds. The molecule has 4 rings (SSSR count). The molecular weight excluding hydrogens is 499 g/mol. The summed E-state index contributed by atoms with van der Waals surface area (Å²) < 4.78 is 67.1. The molecule has 0 saturated heterocycles. The lowest BCUT2D eigenvalue weighted by Gasteiger charge is -2.20. The van der Waals surface area contributed by atoms with Crippen LogP contribution in [0.4, 0.5) is 13.2 Å². The van der Waals surface area contributed by atoms with E-state index in [-0.39, 0.29) is 4.90 Å². The highest BCUT2D eigenvalue weighted by molar-refractivity contribution is 7.89. The van der Waals surface area contributed by atoms with Gasteiger partial charge in [0.05, 0.1) is 27.5 Å². The Morgan fingerprint density at radius 1 is 0.757 bits per heavy atom. The Bertz CT molecular complexity index is 1540. The zero-order valence-corrected chi connectivity index (χ0v) is 21.6. The molecule has 0 radical (unpaired) electrons. The molecule has 0 fully saturated rings. The molecule has 0 bridgehead atoms. The average Bonchev–Trinajstić information content (AvgIpc) is 2.82. The lowest BCUT2D eigenvalue weighted by molar-refractivity contribution is -0.137. The predicted molar refractivity (Wildman–Crippen MR) is 138 cm³/mol. The molecule has 2 aromatic carbocycles. The first kappa shape index (κ1) is 26.5. The van der Waals surface area contributed by atoms with Crippen LogP contribution in [0.5, 0.6) is 0 Å². The van der Waals surface area contributed by atoms with Crippen molar-refractivity contribution in [1.82, 2.24) is 14.7 Å². The number of nitrogens with zero attached hydrogens (tertiary/aromatic N) is 2. The summed E-state index contributed by atoms with van der Waals surface area (Å²) in [4.78, 5) is 9.23. The zero-order chi connectivity index (χ0) is 27.0. The number of halogens is 3. The molecule has 0 unspecified atom stereocenters. The Hall–Kier alpha value is -3.56. The smallest absolute Gasteiger partial charge is 0.256 e. The van der Waals surface area contributed by atoms with Gasteiger partial charge in [-0.25, -0.2) is 18.1 Å². The minimum Gasteiger partial charge on any atom is -0.256 e. The van der Waals surface area contributed by atoms with Gasteiger partial charge in [0.2, 0.25) is 10.0 Å². The van der Waals surface area contributed by atoms with E-state index in [4.69, 9.17) is 0 Å². The van der Waals surface area contributed by atoms with Crippen molar-refractivity contribution in [2.45, 2.75) is 44.3 Å². The lowest BCUT2D eigenvalue weighted by Crippen LogP contribution is -2.40. The van der Waals surface area contributed by atoms with Gasteiger partial charge < -0.3 is 0 Å². The third-order valence-corrected chi connectivity index (χ3v) is 7.17. The van der Waals surface area contributed by atoms with Crippen molar-refractivity contribution in [3.05, 3.63) is 90.1 Å². The van der Waals surface area contributed by atoms with Crippen LogP contribution in [0.25, 0.3) is 33.8 Å². The first-order valence-corrected chi connectivity index (χ1v) is 13.0. The predicted octanol–water partition coefficient (Wildman–Crippen LogP) is 6.88. The fourth-order valence-electron chi connectivity index (χ4n) is 3.83. The average molecular weight is 526 g/mol. The molecule has 0 saturated carbocycles. The van der Waals surface area contributed by atoms with E-state index in [1.54, 1.807) is 57.3 Å². The summed E-state index contributed by atoms with van der Waals surface area (Å²) in [6.45, 7) is 7.20. The van der Waals surface area contributed by atoms with E-state index in [0.29, 0.717) is 28.2 Å². The topological polar surface area (TPSA) is 72.0 Å². The highest BCUT2D eigenvalue weighted by Crippen LogP contribution is 2.32. The van der Waals surface area contributed by atoms with E-state index in [0.717, 1.165) is 23.3 Å². The van der Waals surface area contributed by atoms with Crippen molar-refractivity contribution >= 4 is 10.0 Å². The van der Waals surface area contributed by atoms with E-state index >= 15 is 0 Å². The molecule has 0 aliphatic heterocycles. The Kier molecular flexibility index (Phi) is 6.96. The van der Waals surface area contributed by atoms with Crippen molar-refractivity contribution in [2.24, 2.45) is 0 Å². The van der Waals surface area contributed by atoms with Gasteiger partial charge in [0.1, 0.15) is 0 Å². The number of hydrogen-bond acceptors (Lipinski definition) is 4. The number of rotatable bonds is 5. The number of nitrogens with one attached hydrogen (secondary N) is 1. The summed E-state index contributed by atoms with van der Waals surface area (Å²) in [5.41, 5.74) is 3.19. The normalized spacial score (nSPS) is 12.5. The largest absolute Gasteiger partial charge is 0.416 e.